The molecule has 0 spiro atoms. The van der Waals surface area contributed by atoms with Crippen molar-refractivity contribution >= 4 is 15.9 Å². The van der Waals surface area contributed by atoms with Crippen molar-refractivity contribution in [3.8, 4) is 11.8 Å². The molecule has 6 heteroatoms. The highest BCUT2D eigenvalue weighted by Crippen LogP contribution is 2.19. The van der Waals surface area contributed by atoms with Crippen molar-refractivity contribution in [3.05, 3.63) is 46.7 Å². The van der Waals surface area contributed by atoms with E-state index >= 15 is 0 Å². The monoisotopic (exact) mass is 390 g/mol. The van der Waals surface area contributed by atoms with E-state index in [1.807, 2.05) is 12.1 Å². The van der Waals surface area contributed by atoms with Crippen LogP contribution in [-0.4, -0.2) is 59.5 Å². The summed E-state index contributed by atoms with van der Waals surface area (Å²) in [4.78, 5) is 13.2. The van der Waals surface area contributed by atoms with Gasteiger partial charge in [-0.15, -0.1) is 0 Å². The topological polar surface area (TPSA) is 41.5 Å². The number of nitrogens with zero attached hydrogens (tertiary/aromatic N) is 4. The standard InChI is InChI=1S/C18H23BrN4O/c1-22-9-11-23(12-10-22)8-2-3-15-4-6-17(7-5-15)24-18-20-13-16(19)14-21-18/h4-7,13-14H,2-3,8-12H2,1H3. The molecule has 24 heavy (non-hydrogen) atoms. The summed E-state index contributed by atoms with van der Waals surface area (Å²) in [6.45, 7) is 5.93. The molecule has 0 amide bonds. The van der Waals surface area contributed by atoms with Crippen molar-refractivity contribution in [3.63, 3.8) is 0 Å². The second-order valence-electron chi connectivity index (χ2n) is 6.18. The molecule has 1 aromatic carbocycles. The van der Waals surface area contributed by atoms with Crippen LogP contribution in [0.2, 0.25) is 0 Å². The van der Waals surface area contributed by atoms with Crippen molar-refractivity contribution in [2.45, 2.75) is 12.8 Å². The van der Waals surface area contributed by atoms with Crippen molar-refractivity contribution in [1.29, 1.82) is 0 Å². The molecule has 1 aromatic heterocycles. The van der Waals surface area contributed by atoms with Crippen molar-refractivity contribution in [2.24, 2.45) is 0 Å². The minimum atomic E-state index is 0.362. The summed E-state index contributed by atoms with van der Waals surface area (Å²) in [6, 6.07) is 8.57. The third-order valence-electron chi connectivity index (χ3n) is 4.26. The average Bonchev–Trinajstić information content (AvgIpc) is 2.60. The van der Waals surface area contributed by atoms with Gasteiger partial charge in [-0.3, -0.25) is 0 Å². The Labute approximate surface area is 151 Å². The number of ether oxygens (including phenoxy) is 1. The van der Waals surface area contributed by atoms with Crippen molar-refractivity contribution in [1.82, 2.24) is 19.8 Å². The lowest BCUT2D eigenvalue weighted by Gasteiger charge is -2.32. The first kappa shape index (κ1) is 17.3. The number of hydrogen-bond acceptors (Lipinski definition) is 5. The minimum absolute atomic E-state index is 0.362. The molecule has 0 N–H and O–H groups in total. The highest BCUT2D eigenvalue weighted by molar-refractivity contribution is 9.10. The van der Waals surface area contributed by atoms with E-state index in [-0.39, 0.29) is 0 Å². The fourth-order valence-electron chi connectivity index (χ4n) is 2.76. The lowest BCUT2D eigenvalue weighted by Crippen LogP contribution is -2.44. The Balaban J connectivity index is 1.43. The quantitative estimate of drug-likeness (QED) is 0.757. The molecule has 0 saturated carbocycles. The van der Waals surface area contributed by atoms with E-state index in [0.29, 0.717) is 6.01 Å². The first-order valence-electron chi connectivity index (χ1n) is 8.34. The molecule has 3 rings (SSSR count). The lowest BCUT2D eigenvalue weighted by molar-refractivity contribution is 0.153. The second kappa shape index (κ2) is 8.55. The van der Waals surface area contributed by atoms with Crippen LogP contribution in [0.5, 0.6) is 11.8 Å². The number of aryl methyl sites for hydroxylation is 1. The molecule has 2 heterocycles. The van der Waals surface area contributed by atoms with Gasteiger partial charge in [0.1, 0.15) is 5.75 Å². The summed E-state index contributed by atoms with van der Waals surface area (Å²) in [5, 5.41) is 0. The molecule has 1 fully saturated rings. The largest absolute Gasteiger partial charge is 0.424 e. The molecule has 1 aliphatic rings. The molecule has 0 unspecified atom stereocenters. The van der Waals surface area contributed by atoms with Gasteiger partial charge in [0.05, 0.1) is 4.47 Å². The van der Waals surface area contributed by atoms with Gasteiger partial charge in [-0.25, -0.2) is 9.97 Å². The summed E-state index contributed by atoms with van der Waals surface area (Å²) >= 11 is 3.31. The summed E-state index contributed by atoms with van der Waals surface area (Å²) in [6.07, 6.45) is 5.64. The summed E-state index contributed by atoms with van der Waals surface area (Å²) in [5.41, 5.74) is 1.34. The number of aromatic nitrogens is 2. The van der Waals surface area contributed by atoms with Gasteiger partial charge in [-0.2, -0.15) is 0 Å². The predicted molar refractivity (Wildman–Crippen MR) is 98.5 cm³/mol. The van der Waals surface area contributed by atoms with E-state index < -0.39 is 0 Å². The van der Waals surface area contributed by atoms with Gasteiger partial charge in [-0.1, -0.05) is 12.1 Å². The molecule has 0 radical (unpaired) electrons. The van der Waals surface area contributed by atoms with Gasteiger partial charge in [0, 0.05) is 38.6 Å². The van der Waals surface area contributed by atoms with E-state index in [4.69, 9.17) is 4.74 Å². The van der Waals surface area contributed by atoms with Crippen LogP contribution in [0, 0.1) is 0 Å². The first-order chi connectivity index (χ1) is 11.7. The molecule has 0 atom stereocenters. The minimum Gasteiger partial charge on any atom is -0.424 e. The molecular formula is C18H23BrN4O. The number of likely N-dealkylation sites (N-methyl/N-ethyl adjacent to an activating group) is 1. The highest BCUT2D eigenvalue weighted by Gasteiger charge is 2.12. The number of hydrogen-bond donors (Lipinski definition) is 0. The van der Waals surface area contributed by atoms with Crippen LogP contribution in [0.4, 0.5) is 0 Å². The molecule has 2 aromatic rings. The van der Waals surface area contributed by atoms with Crippen molar-refractivity contribution < 1.29 is 4.74 Å². The Hall–Kier alpha value is -1.50. The van der Waals surface area contributed by atoms with E-state index in [1.165, 1.54) is 44.7 Å². The first-order valence-corrected chi connectivity index (χ1v) is 9.13. The summed E-state index contributed by atoms with van der Waals surface area (Å²) in [5.74, 6) is 0.764. The third-order valence-corrected chi connectivity index (χ3v) is 4.67. The van der Waals surface area contributed by atoms with Crippen molar-refractivity contribution in [2.75, 3.05) is 39.8 Å². The maximum absolute atomic E-state index is 5.64. The second-order valence-corrected chi connectivity index (χ2v) is 7.09. The van der Waals surface area contributed by atoms with Gasteiger partial charge in [0.15, 0.2) is 0 Å². The lowest BCUT2D eigenvalue weighted by atomic mass is 10.1. The predicted octanol–water partition coefficient (Wildman–Crippen LogP) is 3.21. The Morgan fingerprint density at radius 2 is 1.71 bits per heavy atom. The Bertz CT molecular complexity index is 624. The molecule has 1 saturated heterocycles. The van der Waals surface area contributed by atoms with Crippen LogP contribution in [-0.2, 0) is 6.42 Å². The molecule has 0 aliphatic carbocycles. The highest BCUT2D eigenvalue weighted by atomic mass is 79.9. The zero-order valence-electron chi connectivity index (χ0n) is 14.0. The Morgan fingerprint density at radius 1 is 1.04 bits per heavy atom. The van der Waals surface area contributed by atoms with Gasteiger partial charge < -0.3 is 14.5 Å². The fourth-order valence-corrected chi connectivity index (χ4v) is 2.97. The number of halogens is 1. The summed E-state index contributed by atoms with van der Waals surface area (Å²) < 4.78 is 6.48. The van der Waals surface area contributed by atoms with Crippen LogP contribution in [0.1, 0.15) is 12.0 Å². The van der Waals surface area contributed by atoms with E-state index in [9.17, 15) is 0 Å². The molecule has 0 bridgehead atoms. The van der Waals surface area contributed by atoms with E-state index in [0.717, 1.165) is 16.6 Å². The number of piperazine rings is 1. The zero-order valence-corrected chi connectivity index (χ0v) is 15.6. The summed E-state index contributed by atoms with van der Waals surface area (Å²) in [7, 11) is 2.19. The maximum Gasteiger partial charge on any atom is 0.321 e. The van der Waals surface area contributed by atoms with Crippen LogP contribution >= 0.6 is 15.9 Å². The van der Waals surface area contributed by atoms with Gasteiger partial charge in [-0.05, 0) is 60.1 Å². The van der Waals surface area contributed by atoms with Gasteiger partial charge in [0.25, 0.3) is 0 Å². The van der Waals surface area contributed by atoms with E-state index in [1.54, 1.807) is 12.4 Å². The third kappa shape index (κ3) is 5.26. The molecule has 1 aliphatic heterocycles. The normalized spacial score (nSPS) is 16.2. The van der Waals surface area contributed by atoms with Gasteiger partial charge in [0.2, 0.25) is 0 Å². The van der Waals surface area contributed by atoms with Crippen LogP contribution in [0.25, 0.3) is 0 Å². The van der Waals surface area contributed by atoms with Crippen LogP contribution in [0.3, 0.4) is 0 Å². The van der Waals surface area contributed by atoms with Crippen LogP contribution in [0.15, 0.2) is 41.1 Å². The molecule has 5 nitrogen and oxygen atoms in total. The number of rotatable bonds is 6. The van der Waals surface area contributed by atoms with Gasteiger partial charge >= 0.3 is 6.01 Å². The number of benzene rings is 1. The Kier molecular flexibility index (Phi) is 6.18. The molecular weight excluding hydrogens is 368 g/mol. The smallest absolute Gasteiger partial charge is 0.321 e. The fraction of sp³-hybridized carbons (Fsp3) is 0.444. The zero-order chi connectivity index (χ0) is 16.8. The molecule has 128 valence electrons. The van der Waals surface area contributed by atoms with Crippen LogP contribution < -0.4 is 4.74 Å². The average molecular weight is 391 g/mol. The SMILES string of the molecule is CN1CCN(CCCc2ccc(Oc3ncc(Br)cn3)cc2)CC1. The van der Waals surface area contributed by atoms with E-state index in [2.05, 4.69) is 54.9 Å². The Morgan fingerprint density at radius 3 is 2.38 bits per heavy atom. The maximum atomic E-state index is 5.64.